The van der Waals surface area contributed by atoms with Crippen molar-refractivity contribution in [2.45, 2.75) is 150 Å². The number of halogens is 3. The zero-order chi connectivity index (χ0) is 59.9. The number of nitrogens with zero attached hydrogens (tertiary/aromatic N) is 5. The monoisotopic (exact) mass is 1140 g/mol. The lowest BCUT2D eigenvalue weighted by Gasteiger charge is -2.41. The Bertz CT molecular complexity index is 2580. The van der Waals surface area contributed by atoms with Gasteiger partial charge < -0.3 is 33.7 Å². The minimum atomic E-state index is -4.73. The van der Waals surface area contributed by atoms with Crippen LogP contribution in [-0.4, -0.2) is 168 Å². The van der Waals surface area contributed by atoms with Crippen LogP contribution in [0.15, 0.2) is 60.7 Å². The number of benzene rings is 3. The lowest BCUT2D eigenvalue weighted by Crippen LogP contribution is -2.58. The van der Waals surface area contributed by atoms with Crippen LogP contribution in [0.2, 0.25) is 0 Å². The van der Waals surface area contributed by atoms with Crippen LogP contribution in [0.5, 0.6) is 5.75 Å². The van der Waals surface area contributed by atoms with E-state index in [2.05, 4.69) is 5.32 Å². The van der Waals surface area contributed by atoms with E-state index in [-0.39, 0.29) is 109 Å². The van der Waals surface area contributed by atoms with E-state index in [0.29, 0.717) is 13.0 Å². The van der Waals surface area contributed by atoms with Crippen molar-refractivity contribution in [3.8, 4) is 16.9 Å². The van der Waals surface area contributed by atoms with Gasteiger partial charge in [-0.05, 0) is 149 Å². The topological polar surface area (TPSA) is 169 Å². The highest BCUT2D eigenvalue weighted by atomic mass is 19.4. The summed E-state index contributed by atoms with van der Waals surface area (Å²) in [6.07, 6.45) is 0.407. The van der Waals surface area contributed by atoms with Crippen LogP contribution >= 0.6 is 0 Å². The van der Waals surface area contributed by atoms with Crippen LogP contribution in [0.25, 0.3) is 23.3 Å². The quantitative estimate of drug-likeness (QED) is 0.0463. The molecule has 3 aromatic carbocycles. The number of esters is 4. The van der Waals surface area contributed by atoms with Crippen LogP contribution in [0, 0.1) is 6.92 Å². The summed E-state index contributed by atoms with van der Waals surface area (Å²) in [5, 5.41) is 2.86. The molecular formula is C61H87F3N6O11. The summed E-state index contributed by atoms with van der Waals surface area (Å²) in [5.41, 5.74) is -0.148. The lowest BCUT2D eigenvalue weighted by molar-refractivity contribution is -0.164. The van der Waals surface area contributed by atoms with Gasteiger partial charge in [-0.2, -0.15) is 13.2 Å². The predicted molar refractivity (Wildman–Crippen MR) is 304 cm³/mol. The molecule has 2 saturated heterocycles. The molecule has 0 saturated carbocycles. The average Bonchev–Trinajstić information content (AvgIpc) is 3.42. The molecule has 0 spiro atoms. The summed E-state index contributed by atoms with van der Waals surface area (Å²) in [6, 6.07) is 17.3. The molecule has 0 bridgehead atoms. The number of carbonyl (C=O) groups excluding carboxylic acids is 5. The maximum Gasteiger partial charge on any atom is 0.417 e. The van der Waals surface area contributed by atoms with Crippen LogP contribution in [0.4, 0.5) is 13.2 Å². The van der Waals surface area contributed by atoms with E-state index >= 15 is 13.2 Å². The molecule has 5 rings (SSSR count). The van der Waals surface area contributed by atoms with Crippen molar-refractivity contribution in [1.29, 1.82) is 0 Å². The Hall–Kier alpha value is -5.90. The summed E-state index contributed by atoms with van der Waals surface area (Å²) in [4.78, 5) is 75.4. The van der Waals surface area contributed by atoms with Crippen LogP contribution in [-0.2, 0) is 60.4 Å². The Balaban J connectivity index is 1.30. The first kappa shape index (κ1) is 65.9. The summed E-state index contributed by atoms with van der Waals surface area (Å²) in [5.74, 6) is -2.12. The van der Waals surface area contributed by atoms with E-state index in [4.69, 9.17) is 28.4 Å². The van der Waals surface area contributed by atoms with Crippen molar-refractivity contribution >= 4 is 41.9 Å². The zero-order valence-corrected chi connectivity index (χ0v) is 49.9. The first-order chi connectivity index (χ1) is 37.7. The van der Waals surface area contributed by atoms with Crippen LogP contribution in [0.1, 0.15) is 130 Å². The fourth-order valence-corrected chi connectivity index (χ4v) is 9.48. The van der Waals surface area contributed by atoms with E-state index in [1.54, 1.807) is 109 Å². The normalized spacial score (nSPS) is 17.1. The van der Waals surface area contributed by atoms with Crippen molar-refractivity contribution in [3.63, 3.8) is 0 Å². The number of alkyl halides is 3. The van der Waals surface area contributed by atoms with Gasteiger partial charge >= 0.3 is 30.1 Å². The smallest absolute Gasteiger partial charge is 0.417 e. The van der Waals surface area contributed by atoms with Gasteiger partial charge in [-0.3, -0.25) is 48.5 Å². The van der Waals surface area contributed by atoms with Gasteiger partial charge in [-0.15, -0.1) is 0 Å². The van der Waals surface area contributed by atoms with Crippen molar-refractivity contribution in [1.82, 2.24) is 29.8 Å². The first-order valence-corrected chi connectivity index (χ1v) is 27.8. The molecule has 2 fully saturated rings. The number of likely N-dealkylation sites (tertiary alicyclic amines) is 1. The molecule has 3 aromatic rings. The Morgan fingerprint density at radius 2 is 1.12 bits per heavy atom. The number of ether oxygens (including phenoxy) is 6. The van der Waals surface area contributed by atoms with Gasteiger partial charge in [-0.25, -0.2) is 0 Å². The third kappa shape index (κ3) is 23.5. The number of rotatable bonds is 21. The highest BCUT2D eigenvalue weighted by molar-refractivity contribution is 5.80. The predicted octanol–water partition coefficient (Wildman–Crippen LogP) is 9.14. The molecule has 0 aliphatic carbocycles. The Morgan fingerprint density at radius 1 is 0.605 bits per heavy atom. The third-order valence-electron chi connectivity index (χ3n) is 12.4. The minimum Gasteiger partial charge on any atom is -0.491 e. The largest absolute Gasteiger partial charge is 0.491 e. The van der Waals surface area contributed by atoms with Gasteiger partial charge in [0.2, 0.25) is 5.91 Å². The van der Waals surface area contributed by atoms with E-state index in [9.17, 15) is 24.0 Å². The molecule has 17 nitrogen and oxygen atoms in total. The number of carbonyl (C=O) groups is 5. The van der Waals surface area contributed by atoms with E-state index in [1.807, 2.05) is 60.4 Å². The summed E-state index contributed by atoms with van der Waals surface area (Å²) in [6.45, 7) is 23.4. The van der Waals surface area contributed by atoms with Crippen LogP contribution in [0.3, 0.4) is 0 Å². The fraction of sp³-hybridized carbons (Fsp3) is 0.590. The van der Waals surface area contributed by atoms with E-state index in [1.165, 1.54) is 12.1 Å². The molecule has 2 aliphatic heterocycles. The van der Waals surface area contributed by atoms with Gasteiger partial charge in [0.25, 0.3) is 0 Å². The highest BCUT2D eigenvalue weighted by Gasteiger charge is 2.37. The number of amides is 1. The number of hydrogen-bond acceptors (Lipinski definition) is 16. The zero-order valence-electron chi connectivity index (χ0n) is 49.9. The maximum atomic E-state index is 15.1. The molecule has 0 unspecified atom stereocenters. The summed E-state index contributed by atoms with van der Waals surface area (Å²) in [7, 11) is 0. The molecule has 1 N–H and O–H groups in total. The maximum absolute atomic E-state index is 15.1. The molecule has 81 heavy (non-hydrogen) atoms. The van der Waals surface area contributed by atoms with Gasteiger partial charge in [0.15, 0.2) is 0 Å². The SMILES string of the molecule is Cc1c(/C=C/c2cc(OCCOCCNC(=O)CN3CN(CC(=O)OC(C)(C)C)CN(CC(=O)OC(C)(C)C)CN(CC(=O)OC(C)(C)C)C3)c(CN3CCCC[C@H]3C(=O)OC(C)(C)C)cc2C(F)(F)F)cccc1-c1ccccc1. The highest BCUT2D eigenvalue weighted by Crippen LogP contribution is 2.39. The molecule has 2 heterocycles. The molecule has 0 radical (unpaired) electrons. The first-order valence-electron chi connectivity index (χ1n) is 27.8. The van der Waals surface area contributed by atoms with Crippen molar-refractivity contribution in [2.24, 2.45) is 0 Å². The van der Waals surface area contributed by atoms with Crippen LogP contribution < -0.4 is 10.1 Å². The second kappa shape index (κ2) is 28.9. The number of hydrogen-bond donors (Lipinski definition) is 1. The standard InChI is InChI=1S/C61H87F3N6O11/c1-43-44(22-19-23-48(43)45-20-15-14-16-21-45)25-26-46-33-51(47(32-49(46)61(62,63)64)34-70-28-18-17-24-50(70)56(75)81-60(11,12)13)77-31-30-76-29-27-65-52(71)35-66-39-67(36-53(72)78-57(2,3)4)41-69(38-55(74)80-59(8,9)10)42-68(40-66)37-54(73)79-58(5,6)7/h14-16,19-23,25-26,32-33,50H,17-18,24,27-31,34-42H2,1-13H3,(H,65,71)/b26-25+/t50-/m0/s1. The second-order valence-corrected chi connectivity index (χ2v) is 24.7. The summed E-state index contributed by atoms with van der Waals surface area (Å²) < 4.78 is 80.1. The van der Waals surface area contributed by atoms with Gasteiger partial charge in [0, 0.05) is 18.7 Å². The molecule has 1 amide bonds. The average molecular weight is 1140 g/mol. The Kier molecular flexibility index (Phi) is 23.5. The Labute approximate surface area is 477 Å². The molecule has 20 heteroatoms. The van der Waals surface area contributed by atoms with Crippen molar-refractivity contribution < 1.29 is 65.6 Å². The van der Waals surface area contributed by atoms with Gasteiger partial charge in [0.1, 0.15) is 40.8 Å². The molecule has 2 aliphatic rings. The van der Waals surface area contributed by atoms with Gasteiger partial charge in [-0.1, -0.05) is 67.1 Å². The molecule has 0 aromatic heterocycles. The number of nitrogens with one attached hydrogen (secondary N) is 1. The third-order valence-corrected chi connectivity index (χ3v) is 12.4. The lowest BCUT2D eigenvalue weighted by atomic mass is 9.95. The molecular weight excluding hydrogens is 1050 g/mol. The summed E-state index contributed by atoms with van der Waals surface area (Å²) >= 11 is 0. The fourth-order valence-electron chi connectivity index (χ4n) is 9.48. The minimum absolute atomic E-state index is 0.00365. The molecule has 448 valence electrons. The van der Waals surface area contributed by atoms with Crippen molar-refractivity contribution in [2.75, 3.05) is 85.8 Å². The van der Waals surface area contributed by atoms with Crippen molar-refractivity contribution in [3.05, 3.63) is 88.5 Å². The molecule has 1 atom stereocenters. The van der Waals surface area contributed by atoms with E-state index < -0.39 is 64.1 Å². The second-order valence-electron chi connectivity index (χ2n) is 24.7. The Morgan fingerprint density at radius 3 is 1.64 bits per heavy atom. The van der Waals surface area contributed by atoms with E-state index in [0.717, 1.165) is 41.2 Å². The number of piperidine rings is 1. The van der Waals surface area contributed by atoms with Gasteiger partial charge in [0.05, 0.1) is 71.6 Å².